The summed E-state index contributed by atoms with van der Waals surface area (Å²) >= 11 is 9.08. The Bertz CT molecular complexity index is 457. The Morgan fingerprint density at radius 1 is 1.14 bits per heavy atom. The maximum absolute atomic E-state index is 4.54. The summed E-state index contributed by atoms with van der Waals surface area (Å²) in [6, 6.07) is 10.1. The highest BCUT2D eigenvalue weighted by Gasteiger charge is 2.13. The maximum Gasteiger partial charge on any atom is 0.0713 e. The first-order valence-electron chi connectivity index (χ1n) is 4.16. The molecule has 0 unspecified atom stereocenters. The van der Waals surface area contributed by atoms with Crippen LogP contribution in [0.3, 0.4) is 0 Å². The highest BCUT2D eigenvalue weighted by atomic mass is 33.5. The number of rotatable bonds is 1. The van der Waals surface area contributed by atoms with E-state index in [0.29, 0.717) is 0 Å². The van der Waals surface area contributed by atoms with E-state index >= 15 is 0 Å². The van der Waals surface area contributed by atoms with Crippen molar-refractivity contribution in [3.05, 3.63) is 36.5 Å². The molecule has 1 heterocycles. The van der Waals surface area contributed by atoms with Crippen molar-refractivity contribution in [3.8, 4) is 0 Å². The fourth-order valence-corrected chi connectivity index (χ4v) is 3.29. The molecule has 0 radical (unpaired) electrons. The number of thiol groups is 2. The number of aromatic nitrogens is 1. The second-order valence-corrected chi connectivity index (χ2v) is 10.5. The van der Waals surface area contributed by atoms with Gasteiger partial charge in [-0.2, -0.15) is 0 Å². The molecule has 74 valence electrons. The van der Waals surface area contributed by atoms with Crippen molar-refractivity contribution in [2.45, 2.75) is 4.90 Å². The third-order valence-corrected chi connectivity index (χ3v) is 4.39. The minimum atomic E-state index is -1.28. The van der Waals surface area contributed by atoms with Crippen LogP contribution in [0.25, 0.3) is 10.9 Å². The highest BCUT2D eigenvalue weighted by Crippen LogP contribution is 2.62. The van der Waals surface area contributed by atoms with Crippen molar-refractivity contribution in [1.82, 2.24) is 4.98 Å². The average Bonchev–Trinajstić information content (AvgIpc) is 2.15. The van der Waals surface area contributed by atoms with Crippen LogP contribution in [0, 0.1) is 0 Å². The first-order chi connectivity index (χ1) is 6.59. The minimum Gasteiger partial charge on any atom is -0.256 e. The van der Waals surface area contributed by atoms with Gasteiger partial charge < -0.3 is 0 Å². The molecule has 0 fully saturated rings. The van der Waals surface area contributed by atoms with Gasteiger partial charge >= 0.3 is 0 Å². The van der Waals surface area contributed by atoms with Crippen molar-refractivity contribution in [2.75, 3.05) is 6.26 Å². The lowest BCUT2D eigenvalue weighted by molar-refractivity contribution is 1.38. The van der Waals surface area contributed by atoms with E-state index < -0.39 is 8.09 Å². The third-order valence-electron chi connectivity index (χ3n) is 2.02. The zero-order valence-corrected chi connectivity index (χ0v) is 10.3. The van der Waals surface area contributed by atoms with Crippen molar-refractivity contribution in [3.63, 3.8) is 0 Å². The Balaban J connectivity index is 2.78. The molecule has 0 spiro atoms. The van der Waals surface area contributed by atoms with Gasteiger partial charge in [0, 0.05) is 16.5 Å². The summed E-state index contributed by atoms with van der Waals surface area (Å²) in [4.78, 5) is 5.48. The van der Waals surface area contributed by atoms with Crippen LogP contribution in [-0.2, 0) is 0 Å². The smallest absolute Gasteiger partial charge is 0.0713 e. The van der Waals surface area contributed by atoms with Crippen molar-refractivity contribution in [1.29, 1.82) is 0 Å². The summed E-state index contributed by atoms with van der Waals surface area (Å²) in [5, 5.41) is 1.15. The van der Waals surface area contributed by atoms with Gasteiger partial charge in [0.2, 0.25) is 0 Å². The van der Waals surface area contributed by atoms with Gasteiger partial charge in [0.05, 0.1) is 5.52 Å². The Hall–Kier alpha value is -0.320. The largest absolute Gasteiger partial charge is 0.256 e. The standard InChI is InChI=1S/C10H11NS3/c1-14(12,13)10-6-2-5-9-8(10)4-3-7-11-9/h2-7,12-13H,1H3. The van der Waals surface area contributed by atoms with Crippen LogP contribution in [0.15, 0.2) is 41.4 Å². The molecule has 14 heavy (non-hydrogen) atoms. The van der Waals surface area contributed by atoms with E-state index in [9.17, 15) is 0 Å². The van der Waals surface area contributed by atoms with E-state index in [4.69, 9.17) is 0 Å². The molecule has 0 N–H and O–H groups in total. The summed E-state index contributed by atoms with van der Waals surface area (Å²) < 4.78 is 0. The van der Waals surface area contributed by atoms with E-state index in [0.717, 1.165) is 10.9 Å². The topological polar surface area (TPSA) is 12.9 Å². The molecular formula is C10H11NS3. The van der Waals surface area contributed by atoms with Gasteiger partial charge in [0.15, 0.2) is 0 Å². The lowest BCUT2D eigenvalue weighted by atomic mass is 10.2. The quantitative estimate of drug-likeness (QED) is 0.573. The second-order valence-electron chi connectivity index (χ2n) is 3.16. The monoisotopic (exact) mass is 241 g/mol. The first kappa shape index (κ1) is 10.2. The van der Waals surface area contributed by atoms with Crippen molar-refractivity contribution < 1.29 is 0 Å². The highest BCUT2D eigenvalue weighted by molar-refractivity contribution is 9.17. The van der Waals surface area contributed by atoms with Crippen LogP contribution < -0.4 is 0 Å². The predicted octanol–water partition coefficient (Wildman–Crippen LogP) is 3.72. The number of hydrogen-bond acceptors (Lipinski definition) is 3. The second kappa shape index (κ2) is 3.68. The Labute approximate surface area is 94.9 Å². The maximum atomic E-state index is 4.54. The van der Waals surface area contributed by atoms with Crippen LogP contribution in [0.4, 0.5) is 0 Å². The molecule has 0 amide bonds. The predicted molar refractivity (Wildman–Crippen MR) is 71.5 cm³/mol. The fourth-order valence-electron chi connectivity index (χ4n) is 1.41. The van der Waals surface area contributed by atoms with E-state index in [1.165, 1.54) is 4.90 Å². The van der Waals surface area contributed by atoms with E-state index in [-0.39, 0.29) is 0 Å². The van der Waals surface area contributed by atoms with E-state index in [2.05, 4.69) is 40.4 Å². The molecular weight excluding hydrogens is 230 g/mol. The molecule has 0 aliphatic heterocycles. The molecule has 1 aromatic heterocycles. The van der Waals surface area contributed by atoms with Crippen LogP contribution in [0.2, 0.25) is 0 Å². The van der Waals surface area contributed by atoms with Crippen molar-refractivity contribution >= 4 is 42.3 Å². The zero-order valence-electron chi connectivity index (χ0n) is 7.71. The lowest BCUT2D eigenvalue weighted by Crippen LogP contribution is -1.86. The first-order valence-corrected chi connectivity index (χ1v) is 8.30. The fraction of sp³-hybridized carbons (Fsp3) is 0.100. The SMILES string of the molecule is CS(S)(S)c1cccc2ncccc12. The zero-order chi connectivity index (χ0) is 10.2. The Kier molecular flexibility index (Phi) is 2.68. The van der Waals surface area contributed by atoms with Gasteiger partial charge in [0.25, 0.3) is 0 Å². The molecule has 0 saturated heterocycles. The minimum absolute atomic E-state index is 1.01. The molecule has 2 rings (SSSR count). The van der Waals surface area contributed by atoms with Gasteiger partial charge in [-0.3, -0.25) is 4.98 Å². The van der Waals surface area contributed by atoms with E-state index in [1.807, 2.05) is 24.5 Å². The lowest BCUT2D eigenvalue weighted by Gasteiger charge is -2.24. The Morgan fingerprint density at radius 2 is 1.93 bits per heavy atom. The summed E-state index contributed by atoms with van der Waals surface area (Å²) in [6.07, 6.45) is 3.84. The van der Waals surface area contributed by atoms with Gasteiger partial charge in [0.1, 0.15) is 0 Å². The van der Waals surface area contributed by atoms with Gasteiger partial charge in [-0.15, -0.1) is 31.4 Å². The van der Waals surface area contributed by atoms with Crippen LogP contribution in [0.1, 0.15) is 0 Å². The Morgan fingerprint density at radius 3 is 2.64 bits per heavy atom. The summed E-state index contributed by atoms with van der Waals surface area (Å²) in [7, 11) is -1.28. The van der Waals surface area contributed by atoms with Crippen LogP contribution >= 0.6 is 31.4 Å². The molecule has 0 saturated carbocycles. The van der Waals surface area contributed by atoms with E-state index in [1.54, 1.807) is 6.20 Å². The molecule has 4 heteroatoms. The van der Waals surface area contributed by atoms with Gasteiger partial charge in [-0.25, -0.2) is 0 Å². The summed E-state index contributed by atoms with van der Waals surface area (Å²) in [6.45, 7) is 0. The third kappa shape index (κ3) is 1.87. The van der Waals surface area contributed by atoms with Gasteiger partial charge in [-0.1, -0.05) is 12.1 Å². The molecule has 1 nitrogen and oxygen atoms in total. The number of benzene rings is 1. The van der Waals surface area contributed by atoms with Crippen LogP contribution in [0.5, 0.6) is 0 Å². The van der Waals surface area contributed by atoms with Crippen LogP contribution in [-0.4, -0.2) is 11.2 Å². The number of fused-ring (bicyclic) bond motifs is 1. The molecule has 0 bridgehead atoms. The summed E-state index contributed by atoms with van der Waals surface area (Å²) in [5.74, 6) is 0. The van der Waals surface area contributed by atoms with Crippen molar-refractivity contribution in [2.24, 2.45) is 0 Å². The van der Waals surface area contributed by atoms with Gasteiger partial charge in [-0.05, 0) is 24.5 Å². The molecule has 0 atom stereocenters. The molecule has 1 aromatic carbocycles. The average molecular weight is 241 g/mol. The molecule has 2 aromatic rings. The number of nitrogens with zero attached hydrogens (tertiary/aromatic N) is 1. The molecule has 0 aliphatic carbocycles. The number of pyridine rings is 1. The summed E-state index contributed by atoms with van der Waals surface area (Å²) in [5.41, 5.74) is 1.01. The molecule has 0 aliphatic rings. The normalized spacial score (nSPS) is 13.1. The number of hydrogen-bond donors (Lipinski definition) is 2.